The lowest BCUT2D eigenvalue weighted by atomic mass is 9.83. The van der Waals surface area contributed by atoms with Crippen LogP contribution in [0.4, 0.5) is 5.69 Å². The van der Waals surface area contributed by atoms with Gasteiger partial charge >= 0.3 is 0 Å². The molecule has 2 nitrogen and oxygen atoms in total. The molecule has 264 valence electrons. The lowest BCUT2D eigenvalue weighted by Crippen LogP contribution is -2.08. The van der Waals surface area contributed by atoms with Gasteiger partial charge in [-0.3, -0.25) is 0 Å². The maximum Gasteiger partial charge on any atom is 0.0697 e. The first-order valence-corrected chi connectivity index (χ1v) is 19.1. The third kappa shape index (κ3) is 5.85. The number of hydrogen-bond acceptors (Lipinski definition) is 2. The molecular formula is C54H38N2. The topological polar surface area (TPSA) is 38.0 Å². The molecule has 0 heterocycles. The van der Waals surface area contributed by atoms with E-state index in [4.69, 9.17) is 5.73 Å². The summed E-state index contributed by atoms with van der Waals surface area (Å²) in [6.45, 7) is 0. The quantitative estimate of drug-likeness (QED) is 0.127. The first kappa shape index (κ1) is 33.2. The molecule has 56 heavy (non-hydrogen) atoms. The van der Waals surface area contributed by atoms with Crippen LogP contribution in [0.2, 0.25) is 0 Å². The molecule has 0 saturated heterocycles. The summed E-state index contributed by atoms with van der Waals surface area (Å²) in [7, 11) is 0. The highest BCUT2D eigenvalue weighted by molar-refractivity contribution is 6.25. The number of rotatable bonds is 7. The zero-order valence-electron chi connectivity index (χ0n) is 30.8. The Balaban J connectivity index is 1.21. The molecule has 0 unspecified atom stereocenters. The summed E-state index contributed by atoms with van der Waals surface area (Å²) in [6.07, 6.45) is 0. The molecule has 10 rings (SSSR count). The van der Waals surface area contributed by atoms with E-state index >= 15 is 0 Å². The standard InChI is InChI=1S/C54H38N2/c55-53(38-18-3-1-4-19-38)54(39-20-5-2-6-21-39)56-42-25-13-24-40(34-42)41-32-33-49-50(35-41)52(46-31-15-23-37-17-8-10-27-44(37)46)48-29-12-11-28-47(48)51(49)45-30-14-22-36-16-7-9-26-43(36)45/h1-35,56H,55H2/b54-53-. The van der Waals surface area contributed by atoms with Gasteiger partial charge in [0.15, 0.2) is 0 Å². The highest BCUT2D eigenvalue weighted by Gasteiger charge is 2.20. The molecule has 0 amide bonds. The van der Waals surface area contributed by atoms with E-state index in [1.807, 2.05) is 36.4 Å². The number of nitrogens with two attached hydrogens (primary N) is 1. The summed E-state index contributed by atoms with van der Waals surface area (Å²) >= 11 is 0. The second-order valence-corrected chi connectivity index (χ2v) is 14.3. The largest absolute Gasteiger partial charge is 0.397 e. The first-order valence-electron chi connectivity index (χ1n) is 19.1. The molecular weight excluding hydrogens is 677 g/mol. The van der Waals surface area contributed by atoms with Crippen LogP contribution in [-0.4, -0.2) is 0 Å². The molecule has 0 spiro atoms. The van der Waals surface area contributed by atoms with Gasteiger partial charge in [0.05, 0.1) is 11.4 Å². The molecule has 0 aliphatic heterocycles. The molecule has 0 fully saturated rings. The Morgan fingerprint density at radius 2 is 0.804 bits per heavy atom. The number of anilines is 1. The minimum atomic E-state index is 0.695. The van der Waals surface area contributed by atoms with Crippen LogP contribution in [0.1, 0.15) is 11.1 Å². The van der Waals surface area contributed by atoms with E-state index < -0.39 is 0 Å². The van der Waals surface area contributed by atoms with Crippen LogP contribution in [-0.2, 0) is 0 Å². The highest BCUT2D eigenvalue weighted by atomic mass is 14.9. The molecule has 0 bridgehead atoms. The minimum absolute atomic E-state index is 0.695. The van der Waals surface area contributed by atoms with Crippen molar-refractivity contribution < 1.29 is 0 Å². The van der Waals surface area contributed by atoms with Gasteiger partial charge < -0.3 is 11.1 Å². The van der Waals surface area contributed by atoms with Crippen molar-refractivity contribution in [3.8, 4) is 33.4 Å². The fourth-order valence-electron chi connectivity index (χ4n) is 8.41. The highest BCUT2D eigenvalue weighted by Crippen LogP contribution is 2.47. The van der Waals surface area contributed by atoms with Gasteiger partial charge in [0.25, 0.3) is 0 Å². The van der Waals surface area contributed by atoms with Gasteiger partial charge in [-0.25, -0.2) is 0 Å². The van der Waals surface area contributed by atoms with Crippen molar-refractivity contribution in [3.63, 3.8) is 0 Å². The molecule has 0 atom stereocenters. The van der Waals surface area contributed by atoms with Gasteiger partial charge in [0.1, 0.15) is 0 Å². The second kappa shape index (κ2) is 14.1. The Labute approximate surface area is 326 Å². The van der Waals surface area contributed by atoms with E-state index in [2.05, 4.69) is 181 Å². The van der Waals surface area contributed by atoms with Crippen molar-refractivity contribution in [1.29, 1.82) is 0 Å². The van der Waals surface area contributed by atoms with Crippen molar-refractivity contribution in [2.24, 2.45) is 5.73 Å². The summed E-state index contributed by atoms with van der Waals surface area (Å²) in [4.78, 5) is 0. The smallest absolute Gasteiger partial charge is 0.0697 e. The SMILES string of the molecule is N/C(=C(\Nc1cccc(-c2ccc3c(-c4cccc5ccccc45)c4ccccc4c(-c4cccc5ccccc45)c3c2)c1)c1ccccc1)c1ccccc1. The van der Waals surface area contributed by atoms with Crippen molar-refractivity contribution >= 4 is 60.2 Å². The predicted octanol–water partition coefficient (Wildman–Crippen LogP) is 14.2. The van der Waals surface area contributed by atoms with E-state index in [1.165, 1.54) is 65.3 Å². The van der Waals surface area contributed by atoms with Crippen LogP contribution in [0.15, 0.2) is 212 Å². The Bertz CT molecular complexity index is 3100. The fourth-order valence-corrected chi connectivity index (χ4v) is 8.41. The third-order valence-corrected chi connectivity index (χ3v) is 11.0. The normalized spacial score (nSPS) is 11.9. The summed E-state index contributed by atoms with van der Waals surface area (Å²) < 4.78 is 0. The molecule has 0 aliphatic rings. The van der Waals surface area contributed by atoms with Crippen LogP contribution in [0, 0.1) is 0 Å². The molecule has 10 aromatic carbocycles. The average molecular weight is 715 g/mol. The van der Waals surface area contributed by atoms with Crippen LogP contribution in [0.25, 0.3) is 87.9 Å². The van der Waals surface area contributed by atoms with Gasteiger partial charge in [0, 0.05) is 11.3 Å². The molecule has 0 radical (unpaired) electrons. The maximum atomic E-state index is 6.90. The van der Waals surface area contributed by atoms with Crippen LogP contribution < -0.4 is 11.1 Å². The Hall–Kier alpha value is -7.42. The first-order chi connectivity index (χ1) is 27.7. The van der Waals surface area contributed by atoms with Crippen molar-refractivity contribution in [1.82, 2.24) is 0 Å². The summed E-state index contributed by atoms with van der Waals surface area (Å²) in [6, 6.07) is 75.9. The van der Waals surface area contributed by atoms with Gasteiger partial charge in [-0.1, -0.05) is 194 Å². The zero-order chi connectivity index (χ0) is 37.4. The van der Waals surface area contributed by atoms with Gasteiger partial charge in [-0.05, 0) is 100 Å². The zero-order valence-corrected chi connectivity index (χ0v) is 30.8. The monoisotopic (exact) mass is 714 g/mol. The molecule has 2 heteroatoms. The predicted molar refractivity (Wildman–Crippen MR) is 240 cm³/mol. The number of hydrogen-bond donors (Lipinski definition) is 2. The summed E-state index contributed by atoms with van der Waals surface area (Å²) in [5.41, 5.74) is 18.7. The Kier molecular flexibility index (Phi) is 8.35. The molecule has 3 N–H and O–H groups in total. The number of benzene rings is 10. The van der Waals surface area contributed by atoms with E-state index in [9.17, 15) is 0 Å². The van der Waals surface area contributed by atoms with Gasteiger partial charge in [-0.2, -0.15) is 0 Å². The van der Waals surface area contributed by atoms with Crippen molar-refractivity contribution in [2.45, 2.75) is 0 Å². The van der Waals surface area contributed by atoms with Crippen molar-refractivity contribution in [2.75, 3.05) is 5.32 Å². The second-order valence-electron chi connectivity index (χ2n) is 14.3. The fraction of sp³-hybridized carbons (Fsp3) is 0. The molecule has 0 aromatic heterocycles. The van der Waals surface area contributed by atoms with Gasteiger partial charge in [0.2, 0.25) is 0 Å². The van der Waals surface area contributed by atoms with E-state index in [0.717, 1.165) is 33.6 Å². The molecule has 0 saturated carbocycles. The van der Waals surface area contributed by atoms with E-state index in [0.29, 0.717) is 5.70 Å². The Morgan fingerprint density at radius 3 is 1.43 bits per heavy atom. The van der Waals surface area contributed by atoms with Crippen LogP contribution in [0.5, 0.6) is 0 Å². The molecule has 10 aromatic rings. The number of nitrogens with one attached hydrogen (secondary N) is 1. The van der Waals surface area contributed by atoms with Crippen LogP contribution >= 0.6 is 0 Å². The van der Waals surface area contributed by atoms with Crippen LogP contribution in [0.3, 0.4) is 0 Å². The maximum absolute atomic E-state index is 6.90. The number of fused-ring (bicyclic) bond motifs is 4. The molecule has 0 aliphatic carbocycles. The van der Waals surface area contributed by atoms with E-state index in [-0.39, 0.29) is 0 Å². The van der Waals surface area contributed by atoms with E-state index in [1.54, 1.807) is 0 Å². The summed E-state index contributed by atoms with van der Waals surface area (Å²) in [5.74, 6) is 0. The lowest BCUT2D eigenvalue weighted by Gasteiger charge is -2.20. The third-order valence-electron chi connectivity index (χ3n) is 11.0. The minimum Gasteiger partial charge on any atom is -0.397 e. The summed E-state index contributed by atoms with van der Waals surface area (Å²) in [5, 5.41) is 13.6. The Morgan fingerprint density at radius 1 is 0.339 bits per heavy atom. The van der Waals surface area contributed by atoms with Gasteiger partial charge in [-0.15, -0.1) is 0 Å². The average Bonchev–Trinajstić information content (AvgIpc) is 3.27. The lowest BCUT2D eigenvalue weighted by molar-refractivity contribution is 1.46. The van der Waals surface area contributed by atoms with Crippen molar-refractivity contribution in [3.05, 3.63) is 223 Å².